The van der Waals surface area contributed by atoms with Gasteiger partial charge in [0.15, 0.2) is 6.61 Å². The lowest BCUT2D eigenvalue weighted by Crippen LogP contribution is -2.14. The molecule has 86 valence electrons. The van der Waals surface area contributed by atoms with Crippen molar-refractivity contribution in [2.24, 2.45) is 0 Å². The quantitative estimate of drug-likeness (QED) is 0.842. The van der Waals surface area contributed by atoms with Crippen LogP contribution in [0.3, 0.4) is 0 Å². The molecule has 0 aliphatic rings. The third kappa shape index (κ3) is 3.79. The molecule has 16 heavy (non-hydrogen) atoms. The number of sulfonamides is 1. The van der Waals surface area contributed by atoms with Gasteiger partial charge < -0.3 is 4.74 Å². The van der Waals surface area contributed by atoms with Crippen molar-refractivity contribution in [1.82, 2.24) is 0 Å². The van der Waals surface area contributed by atoms with Crippen molar-refractivity contribution in [2.45, 2.75) is 6.92 Å². The summed E-state index contributed by atoms with van der Waals surface area (Å²) >= 11 is 0. The number of ether oxygens (including phenoxy) is 1. The van der Waals surface area contributed by atoms with Crippen LogP contribution in [0.25, 0.3) is 0 Å². The predicted octanol–water partition coefficient (Wildman–Crippen LogP) is 1.35. The van der Waals surface area contributed by atoms with Gasteiger partial charge in [-0.3, -0.25) is 4.72 Å². The molecular formula is C10H12N2O3S. The third-order valence-corrected chi connectivity index (χ3v) is 3.12. The molecule has 1 N–H and O–H groups in total. The molecule has 5 nitrogen and oxygen atoms in total. The van der Waals surface area contributed by atoms with Crippen LogP contribution >= 0.6 is 0 Å². The van der Waals surface area contributed by atoms with Crippen molar-refractivity contribution in [3.8, 4) is 11.8 Å². The molecule has 0 saturated carbocycles. The molecule has 0 fully saturated rings. The molecule has 1 aromatic rings. The molecule has 0 unspecified atom stereocenters. The fourth-order valence-corrected chi connectivity index (χ4v) is 1.63. The van der Waals surface area contributed by atoms with E-state index in [4.69, 9.17) is 10.00 Å². The molecule has 0 aliphatic carbocycles. The number of nitriles is 1. The monoisotopic (exact) mass is 240 g/mol. The fraction of sp³-hybridized carbons (Fsp3) is 0.300. The maximum atomic E-state index is 11.2. The van der Waals surface area contributed by atoms with Gasteiger partial charge in [-0.15, -0.1) is 0 Å². The summed E-state index contributed by atoms with van der Waals surface area (Å²) in [5, 5.41) is 8.30. The van der Waals surface area contributed by atoms with Gasteiger partial charge in [0.2, 0.25) is 10.0 Å². The Bertz CT molecular complexity index is 474. The fourth-order valence-electron chi connectivity index (χ4n) is 0.987. The van der Waals surface area contributed by atoms with Gasteiger partial charge in [0, 0.05) is 5.69 Å². The maximum Gasteiger partial charge on any atom is 0.232 e. The molecule has 0 heterocycles. The predicted molar refractivity (Wildman–Crippen MR) is 60.6 cm³/mol. The Hall–Kier alpha value is -1.74. The van der Waals surface area contributed by atoms with E-state index in [1.807, 2.05) is 6.07 Å². The topological polar surface area (TPSA) is 79.2 Å². The van der Waals surface area contributed by atoms with Crippen LogP contribution in [0.2, 0.25) is 0 Å². The lowest BCUT2D eigenvalue weighted by Gasteiger charge is -2.06. The zero-order valence-corrected chi connectivity index (χ0v) is 9.62. The summed E-state index contributed by atoms with van der Waals surface area (Å²) in [4.78, 5) is 0. The first-order chi connectivity index (χ1) is 7.57. The number of nitrogens with one attached hydrogen (secondary N) is 1. The lowest BCUT2D eigenvalue weighted by molar-refractivity contribution is 0.368. The summed E-state index contributed by atoms with van der Waals surface area (Å²) in [6.45, 7) is 1.53. The Morgan fingerprint density at radius 1 is 1.38 bits per heavy atom. The van der Waals surface area contributed by atoms with E-state index in [0.717, 1.165) is 0 Å². The highest BCUT2D eigenvalue weighted by Gasteiger charge is 2.06. The van der Waals surface area contributed by atoms with E-state index in [-0.39, 0.29) is 12.4 Å². The van der Waals surface area contributed by atoms with Crippen LogP contribution in [0.15, 0.2) is 24.3 Å². The lowest BCUT2D eigenvalue weighted by atomic mass is 10.3. The molecule has 0 saturated heterocycles. The minimum Gasteiger partial charge on any atom is -0.479 e. The molecule has 1 aromatic carbocycles. The summed E-state index contributed by atoms with van der Waals surface area (Å²) in [6, 6.07) is 8.22. The summed E-state index contributed by atoms with van der Waals surface area (Å²) < 4.78 is 29.9. The number of rotatable bonds is 5. The zero-order chi connectivity index (χ0) is 12.0. The normalized spacial score (nSPS) is 10.5. The van der Waals surface area contributed by atoms with Crippen LogP contribution < -0.4 is 9.46 Å². The summed E-state index contributed by atoms with van der Waals surface area (Å²) in [5.41, 5.74) is 0.478. The van der Waals surface area contributed by atoms with Gasteiger partial charge in [0.05, 0.1) is 5.75 Å². The first-order valence-electron chi connectivity index (χ1n) is 4.67. The average Bonchev–Trinajstić information content (AvgIpc) is 2.28. The van der Waals surface area contributed by atoms with Crippen LogP contribution in [0.4, 0.5) is 5.69 Å². The summed E-state index contributed by atoms with van der Waals surface area (Å²) in [6.07, 6.45) is 0. The minimum atomic E-state index is -3.25. The maximum absolute atomic E-state index is 11.2. The van der Waals surface area contributed by atoms with Crippen molar-refractivity contribution < 1.29 is 13.2 Å². The van der Waals surface area contributed by atoms with Crippen molar-refractivity contribution >= 4 is 15.7 Å². The van der Waals surface area contributed by atoms with Crippen molar-refractivity contribution in [3.05, 3.63) is 24.3 Å². The van der Waals surface area contributed by atoms with Crippen LogP contribution in [0.1, 0.15) is 6.92 Å². The van der Waals surface area contributed by atoms with Gasteiger partial charge in [0.25, 0.3) is 0 Å². The number of benzene rings is 1. The van der Waals surface area contributed by atoms with Crippen LogP contribution in [0, 0.1) is 11.3 Å². The second-order valence-corrected chi connectivity index (χ2v) is 4.99. The Labute approximate surface area is 94.7 Å². The first-order valence-corrected chi connectivity index (χ1v) is 6.33. The molecular weight excluding hydrogens is 228 g/mol. The van der Waals surface area contributed by atoms with Crippen molar-refractivity contribution in [3.63, 3.8) is 0 Å². The van der Waals surface area contributed by atoms with E-state index in [0.29, 0.717) is 11.4 Å². The minimum absolute atomic E-state index is 0.0275. The van der Waals surface area contributed by atoms with Gasteiger partial charge in [-0.1, -0.05) is 0 Å². The van der Waals surface area contributed by atoms with Gasteiger partial charge in [-0.2, -0.15) is 5.26 Å². The molecule has 0 aromatic heterocycles. The molecule has 0 bridgehead atoms. The Balaban J connectivity index is 2.69. The molecule has 0 spiro atoms. The molecule has 1 rings (SSSR count). The highest BCUT2D eigenvalue weighted by molar-refractivity contribution is 7.92. The van der Waals surface area contributed by atoms with Crippen molar-refractivity contribution in [1.29, 1.82) is 5.26 Å². The standard InChI is InChI=1S/C10H12N2O3S/c1-2-16(13,14)12-9-3-5-10(6-4-9)15-8-7-11/h3-6,12H,2,8H2,1H3. The van der Waals surface area contributed by atoms with Crippen LogP contribution in [-0.2, 0) is 10.0 Å². The van der Waals surface area contributed by atoms with E-state index in [2.05, 4.69) is 4.72 Å². The van der Waals surface area contributed by atoms with E-state index in [9.17, 15) is 8.42 Å². The summed E-state index contributed by atoms with van der Waals surface area (Å²) in [7, 11) is -3.25. The van der Waals surface area contributed by atoms with Gasteiger partial charge in [-0.05, 0) is 31.2 Å². The largest absolute Gasteiger partial charge is 0.479 e. The number of anilines is 1. The third-order valence-electron chi connectivity index (χ3n) is 1.81. The Morgan fingerprint density at radius 2 is 2.00 bits per heavy atom. The van der Waals surface area contributed by atoms with E-state index >= 15 is 0 Å². The zero-order valence-electron chi connectivity index (χ0n) is 8.80. The number of nitrogens with zero attached hydrogens (tertiary/aromatic N) is 1. The molecule has 6 heteroatoms. The second kappa shape index (κ2) is 5.37. The average molecular weight is 240 g/mol. The van der Waals surface area contributed by atoms with Crippen molar-refractivity contribution in [2.75, 3.05) is 17.1 Å². The Kier molecular flexibility index (Phi) is 4.14. The van der Waals surface area contributed by atoms with Crippen LogP contribution in [-0.4, -0.2) is 20.8 Å². The van der Waals surface area contributed by atoms with Gasteiger partial charge in [-0.25, -0.2) is 8.42 Å². The second-order valence-electron chi connectivity index (χ2n) is 2.98. The highest BCUT2D eigenvalue weighted by atomic mass is 32.2. The molecule has 0 radical (unpaired) electrons. The molecule has 0 amide bonds. The molecule has 0 atom stereocenters. The number of hydrogen-bond donors (Lipinski definition) is 1. The van der Waals surface area contributed by atoms with Gasteiger partial charge in [0.1, 0.15) is 11.8 Å². The van der Waals surface area contributed by atoms with E-state index in [1.54, 1.807) is 31.2 Å². The van der Waals surface area contributed by atoms with E-state index < -0.39 is 10.0 Å². The smallest absolute Gasteiger partial charge is 0.232 e. The van der Waals surface area contributed by atoms with E-state index in [1.165, 1.54) is 0 Å². The number of hydrogen-bond acceptors (Lipinski definition) is 4. The SMILES string of the molecule is CCS(=O)(=O)Nc1ccc(OCC#N)cc1. The van der Waals surface area contributed by atoms with Crippen LogP contribution in [0.5, 0.6) is 5.75 Å². The summed E-state index contributed by atoms with van der Waals surface area (Å²) in [5.74, 6) is 0.556. The van der Waals surface area contributed by atoms with Gasteiger partial charge >= 0.3 is 0 Å². The molecule has 0 aliphatic heterocycles. The first kappa shape index (κ1) is 12.3. The highest BCUT2D eigenvalue weighted by Crippen LogP contribution is 2.16. The Morgan fingerprint density at radius 3 is 2.50 bits per heavy atom.